The van der Waals surface area contributed by atoms with E-state index >= 15 is 0 Å². The molecule has 0 bridgehead atoms. The van der Waals surface area contributed by atoms with E-state index in [0.29, 0.717) is 12.1 Å². The lowest BCUT2D eigenvalue weighted by Gasteiger charge is -2.31. The van der Waals surface area contributed by atoms with E-state index in [9.17, 15) is 0 Å². The van der Waals surface area contributed by atoms with Crippen molar-refractivity contribution in [3.63, 3.8) is 0 Å². The minimum Gasteiger partial charge on any atom is -0.366 e. The zero-order chi connectivity index (χ0) is 14.2. The summed E-state index contributed by atoms with van der Waals surface area (Å²) in [5.41, 5.74) is 4.38. The summed E-state index contributed by atoms with van der Waals surface area (Å²) >= 11 is 0. The van der Waals surface area contributed by atoms with E-state index in [1.54, 1.807) is 0 Å². The molecular weight excluding hydrogens is 230 g/mol. The largest absolute Gasteiger partial charge is 0.366 e. The monoisotopic (exact) mass is 259 g/mol. The molecule has 0 saturated carbocycles. The van der Waals surface area contributed by atoms with E-state index in [1.807, 2.05) is 0 Å². The molecule has 1 fully saturated rings. The van der Waals surface area contributed by atoms with Gasteiger partial charge in [0.1, 0.15) is 0 Å². The molecule has 0 aromatic heterocycles. The van der Waals surface area contributed by atoms with Crippen molar-refractivity contribution in [2.45, 2.75) is 66.5 Å². The Hall–Kier alpha value is -0.980. The second-order valence-electron chi connectivity index (χ2n) is 6.32. The third kappa shape index (κ3) is 2.52. The molecule has 106 valence electrons. The molecule has 1 heterocycles. The van der Waals surface area contributed by atoms with Crippen molar-refractivity contribution in [3.8, 4) is 0 Å². The lowest BCUT2D eigenvalue weighted by molar-refractivity contribution is 0.413. The molecule has 2 rings (SSSR count). The van der Waals surface area contributed by atoms with Crippen LogP contribution in [-0.2, 0) is 12.8 Å². The molecular formula is C18H29N. The molecule has 0 unspecified atom stereocenters. The Kier molecular flexibility index (Phi) is 4.23. The van der Waals surface area contributed by atoms with E-state index in [0.717, 1.165) is 24.7 Å². The van der Waals surface area contributed by atoms with Gasteiger partial charge in [0.2, 0.25) is 0 Å². The maximum atomic E-state index is 2.65. The van der Waals surface area contributed by atoms with Crippen LogP contribution < -0.4 is 4.90 Å². The van der Waals surface area contributed by atoms with Gasteiger partial charge in [-0.15, -0.1) is 0 Å². The topological polar surface area (TPSA) is 3.24 Å². The molecule has 0 radical (unpaired) electrons. The summed E-state index contributed by atoms with van der Waals surface area (Å²) in [4.78, 5) is 2.65. The summed E-state index contributed by atoms with van der Waals surface area (Å²) in [6, 6.07) is 8.44. The highest BCUT2D eigenvalue weighted by Crippen LogP contribution is 2.38. The highest BCUT2D eigenvalue weighted by molar-refractivity contribution is 5.54. The Morgan fingerprint density at radius 2 is 1.21 bits per heavy atom. The van der Waals surface area contributed by atoms with Crippen molar-refractivity contribution in [1.82, 2.24) is 0 Å². The van der Waals surface area contributed by atoms with Gasteiger partial charge in [-0.1, -0.05) is 33.8 Å². The highest BCUT2D eigenvalue weighted by Gasteiger charge is 2.39. The van der Waals surface area contributed by atoms with Crippen molar-refractivity contribution in [2.75, 3.05) is 4.90 Å². The summed E-state index contributed by atoms with van der Waals surface area (Å²) in [5, 5.41) is 0. The van der Waals surface area contributed by atoms with Gasteiger partial charge in [0.15, 0.2) is 0 Å². The maximum absolute atomic E-state index is 2.65. The van der Waals surface area contributed by atoms with Gasteiger partial charge in [0.05, 0.1) is 0 Å². The fraction of sp³-hybridized carbons (Fsp3) is 0.667. The third-order valence-electron chi connectivity index (χ3n) is 5.38. The molecule has 1 aromatic rings. The average Bonchev–Trinajstić information content (AvgIpc) is 2.62. The summed E-state index contributed by atoms with van der Waals surface area (Å²) in [5.74, 6) is 1.54. The van der Waals surface area contributed by atoms with E-state index in [1.165, 1.54) is 16.8 Å². The van der Waals surface area contributed by atoms with E-state index < -0.39 is 0 Å². The molecule has 1 aliphatic rings. The minimum atomic E-state index is 0.641. The van der Waals surface area contributed by atoms with Crippen molar-refractivity contribution < 1.29 is 0 Å². The number of anilines is 1. The quantitative estimate of drug-likeness (QED) is 0.762. The van der Waals surface area contributed by atoms with Gasteiger partial charge in [-0.2, -0.15) is 0 Å². The maximum Gasteiger partial charge on any atom is 0.0376 e. The average molecular weight is 259 g/mol. The van der Waals surface area contributed by atoms with Gasteiger partial charge in [0, 0.05) is 17.8 Å². The van der Waals surface area contributed by atoms with E-state index in [-0.39, 0.29) is 0 Å². The fourth-order valence-electron chi connectivity index (χ4n) is 3.53. The van der Waals surface area contributed by atoms with Crippen LogP contribution >= 0.6 is 0 Å². The van der Waals surface area contributed by atoms with Crippen molar-refractivity contribution >= 4 is 5.69 Å². The fourth-order valence-corrected chi connectivity index (χ4v) is 3.53. The molecule has 19 heavy (non-hydrogen) atoms. The Labute approximate surface area is 119 Å². The summed E-state index contributed by atoms with van der Waals surface area (Å²) in [6.07, 6.45) is 2.26. The predicted molar refractivity (Wildman–Crippen MR) is 84.9 cm³/mol. The zero-order valence-corrected chi connectivity index (χ0v) is 13.4. The van der Waals surface area contributed by atoms with Crippen molar-refractivity contribution in [3.05, 3.63) is 29.3 Å². The molecule has 0 aliphatic carbocycles. The first-order chi connectivity index (χ1) is 8.99. The van der Waals surface area contributed by atoms with Crippen molar-refractivity contribution in [1.29, 1.82) is 0 Å². The zero-order valence-electron chi connectivity index (χ0n) is 13.4. The predicted octanol–water partition coefficient (Wildman–Crippen LogP) is 4.68. The molecule has 4 atom stereocenters. The minimum absolute atomic E-state index is 0.641. The Balaban J connectivity index is 2.40. The summed E-state index contributed by atoms with van der Waals surface area (Å²) in [6.45, 7) is 14.1. The highest BCUT2D eigenvalue weighted by atomic mass is 15.2. The molecule has 1 saturated heterocycles. The van der Waals surface area contributed by atoms with E-state index in [4.69, 9.17) is 0 Å². The lowest BCUT2D eigenvalue weighted by atomic mass is 9.92. The van der Waals surface area contributed by atoms with Gasteiger partial charge in [-0.05, 0) is 61.8 Å². The summed E-state index contributed by atoms with van der Waals surface area (Å²) in [7, 11) is 0. The number of rotatable bonds is 3. The smallest absolute Gasteiger partial charge is 0.0376 e. The van der Waals surface area contributed by atoms with Crippen LogP contribution in [0.15, 0.2) is 18.2 Å². The molecule has 1 aromatic carbocycles. The normalized spacial score (nSPS) is 30.9. The van der Waals surface area contributed by atoms with Crippen LogP contribution in [0.5, 0.6) is 0 Å². The Bertz CT molecular complexity index is 401. The van der Waals surface area contributed by atoms with Gasteiger partial charge in [-0.25, -0.2) is 0 Å². The van der Waals surface area contributed by atoms with Crippen LogP contribution in [0.1, 0.15) is 52.7 Å². The number of benzene rings is 1. The molecule has 1 aliphatic heterocycles. The molecule has 0 spiro atoms. The standard InChI is InChI=1S/C18H29N/c1-7-16-9-17(8-2)11-18(10-16)19-14(5)12(3)13(4)15(19)6/h9-15H,7-8H2,1-6H3/t12-,13+,14-,15+. The first-order valence-electron chi connectivity index (χ1n) is 7.90. The summed E-state index contributed by atoms with van der Waals surface area (Å²) < 4.78 is 0. The van der Waals surface area contributed by atoms with Crippen LogP contribution in [0, 0.1) is 11.8 Å². The number of nitrogens with zero attached hydrogens (tertiary/aromatic N) is 1. The SMILES string of the molecule is CCc1cc(CC)cc(N2[C@H](C)[C@H](C)[C@H](C)[C@@H]2C)c1. The van der Waals surface area contributed by atoms with Crippen molar-refractivity contribution in [2.24, 2.45) is 11.8 Å². The molecule has 0 amide bonds. The number of aryl methyl sites for hydroxylation is 2. The molecule has 0 N–H and O–H groups in total. The van der Waals surface area contributed by atoms with Crippen LogP contribution in [0.25, 0.3) is 0 Å². The van der Waals surface area contributed by atoms with Gasteiger partial charge in [0.25, 0.3) is 0 Å². The first kappa shape index (κ1) is 14.4. The van der Waals surface area contributed by atoms with Crippen LogP contribution in [0.2, 0.25) is 0 Å². The molecule has 1 nitrogen and oxygen atoms in total. The first-order valence-corrected chi connectivity index (χ1v) is 7.90. The third-order valence-corrected chi connectivity index (χ3v) is 5.38. The van der Waals surface area contributed by atoms with Crippen LogP contribution in [-0.4, -0.2) is 12.1 Å². The number of hydrogen-bond acceptors (Lipinski definition) is 1. The number of hydrogen-bond donors (Lipinski definition) is 0. The van der Waals surface area contributed by atoms with Gasteiger partial charge in [-0.3, -0.25) is 0 Å². The lowest BCUT2D eigenvalue weighted by Crippen LogP contribution is -2.34. The van der Waals surface area contributed by atoms with Crippen LogP contribution in [0.3, 0.4) is 0 Å². The van der Waals surface area contributed by atoms with E-state index in [2.05, 4.69) is 64.6 Å². The van der Waals surface area contributed by atoms with Gasteiger partial charge >= 0.3 is 0 Å². The Morgan fingerprint density at radius 3 is 1.58 bits per heavy atom. The second kappa shape index (κ2) is 5.56. The second-order valence-corrected chi connectivity index (χ2v) is 6.32. The van der Waals surface area contributed by atoms with Crippen LogP contribution in [0.4, 0.5) is 5.69 Å². The van der Waals surface area contributed by atoms with Gasteiger partial charge < -0.3 is 4.90 Å². The Morgan fingerprint density at radius 1 is 0.789 bits per heavy atom. The molecule has 1 heteroatoms.